The number of imidazole rings is 2. The largest absolute Gasteiger partial charge is 0.444 e. The van der Waals surface area contributed by atoms with Crippen molar-refractivity contribution >= 4 is 12.2 Å². The van der Waals surface area contributed by atoms with Gasteiger partial charge in [-0.25, -0.2) is 19.6 Å². The molecule has 0 bridgehead atoms. The van der Waals surface area contributed by atoms with Crippen LogP contribution in [0.1, 0.15) is 90.6 Å². The van der Waals surface area contributed by atoms with Crippen molar-refractivity contribution in [3.05, 3.63) is 108 Å². The maximum Gasteiger partial charge on any atom is 0.410 e. The van der Waals surface area contributed by atoms with Crippen LogP contribution in [-0.2, 0) is 20.8 Å². The summed E-state index contributed by atoms with van der Waals surface area (Å²) in [6.07, 6.45) is 4.08. The number of amides is 2. The molecule has 278 valence electrons. The topological polar surface area (TPSA) is 134 Å². The second-order valence-corrected chi connectivity index (χ2v) is 15.5. The molecule has 3 aromatic carbocycles. The van der Waals surface area contributed by atoms with E-state index in [2.05, 4.69) is 61.7 Å². The Balaban J connectivity index is 1.12. The molecular formula is C42H50N6O5. The monoisotopic (exact) mass is 718 g/mol. The normalized spacial score (nSPS) is 15.9. The van der Waals surface area contributed by atoms with Gasteiger partial charge in [0.1, 0.15) is 28.9 Å². The van der Waals surface area contributed by atoms with Crippen molar-refractivity contribution < 1.29 is 23.8 Å². The standard InChI is InChI=1S/C42H50N6O5/c1-27(51-26-28-12-9-8-10-13-28)36(47-39(49)52-41(2,3)4)38-44-25-34(46-38)32-21-17-30(18-22-32)29-15-19-31(20-16-29)33-24-43-37(45-33)35-14-11-23-48(35)40(50)53-42(5,6)7/h8-10,12-13,15-22,24-25,27,35-36H,11,14,23,26H2,1-7H3,(H,43,45)(H,44,46)(H,47,49)/t27-,35+,36+/m1/s1. The molecule has 1 aliphatic rings. The van der Waals surface area contributed by atoms with Crippen molar-refractivity contribution in [2.24, 2.45) is 0 Å². The lowest BCUT2D eigenvalue weighted by Gasteiger charge is -2.27. The van der Waals surface area contributed by atoms with Gasteiger partial charge in [-0.2, -0.15) is 0 Å². The average Bonchev–Trinajstić information content (AvgIpc) is 3.90. The predicted molar refractivity (Wildman–Crippen MR) is 205 cm³/mol. The Labute approximate surface area is 311 Å². The number of aromatic nitrogens is 4. The zero-order chi connectivity index (χ0) is 37.8. The molecule has 0 saturated carbocycles. The van der Waals surface area contributed by atoms with Crippen LogP contribution in [0.25, 0.3) is 33.6 Å². The predicted octanol–water partition coefficient (Wildman–Crippen LogP) is 9.38. The van der Waals surface area contributed by atoms with E-state index in [1.165, 1.54) is 0 Å². The van der Waals surface area contributed by atoms with Crippen molar-refractivity contribution in [3.8, 4) is 33.6 Å². The van der Waals surface area contributed by atoms with Crippen LogP contribution in [0.5, 0.6) is 0 Å². The van der Waals surface area contributed by atoms with Gasteiger partial charge in [0.15, 0.2) is 0 Å². The van der Waals surface area contributed by atoms with E-state index < -0.39 is 29.4 Å². The molecule has 53 heavy (non-hydrogen) atoms. The van der Waals surface area contributed by atoms with E-state index in [0.29, 0.717) is 19.0 Å². The summed E-state index contributed by atoms with van der Waals surface area (Å²) < 4.78 is 17.4. The fourth-order valence-corrected chi connectivity index (χ4v) is 6.31. The maximum atomic E-state index is 12.8. The SMILES string of the molecule is C[C@@H](OCc1ccccc1)[C@H](NC(=O)OC(C)(C)C)c1ncc(-c2ccc(-c3ccc(-c4cnc([C@@H]5CCCN5C(=O)OC(C)(C)C)[nH]4)cc3)cc2)[nH]1. The van der Waals surface area contributed by atoms with Crippen LogP contribution >= 0.6 is 0 Å². The minimum atomic E-state index is -0.649. The lowest BCUT2D eigenvalue weighted by molar-refractivity contribution is 0.0126. The summed E-state index contributed by atoms with van der Waals surface area (Å²) in [4.78, 5) is 43.6. The highest BCUT2D eigenvalue weighted by atomic mass is 16.6. The minimum absolute atomic E-state index is 0.133. The van der Waals surface area contributed by atoms with Crippen LogP contribution in [0.4, 0.5) is 9.59 Å². The molecule has 3 heterocycles. The lowest BCUT2D eigenvalue weighted by atomic mass is 10.0. The zero-order valence-electron chi connectivity index (χ0n) is 31.6. The van der Waals surface area contributed by atoms with Crippen LogP contribution < -0.4 is 5.32 Å². The summed E-state index contributed by atoms with van der Waals surface area (Å²) in [5.41, 5.74) is 5.65. The van der Waals surface area contributed by atoms with Gasteiger partial charge < -0.3 is 29.5 Å². The summed E-state index contributed by atoms with van der Waals surface area (Å²) in [6.45, 7) is 14.1. The molecule has 0 unspecified atom stereocenters. The molecule has 1 saturated heterocycles. The van der Waals surface area contributed by atoms with Crippen molar-refractivity contribution in [3.63, 3.8) is 0 Å². The molecule has 11 nitrogen and oxygen atoms in total. The molecule has 5 aromatic rings. The number of hydrogen-bond donors (Lipinski definition) is 3. The van der Waals surface area contributed by atoms with Gasteiger partial charge in [0.2, 0.25) is 0 Å². The third kappa shape index (κ3) is 9.72. The van der Waals surface area contributed by atoms with Gasteiger partial charge in [-0.3, -0.25) is 4.90 Å². The molecule has 1 fully saturated rings. The van der Waals surface area contributed by atoms with Gasteiger partial charge in [-0.05, 0) is 89.1 Å². The van der Waals surface area contributed by atoms with E-state index >= 15 is 0 Å². The number of ether oxygens (including phenoxy) is 3. The number of hydrogen-bond acceptors (Lipinski definition) is 7. The van der Waals surface area contributed by atoms with E-state index in [4.69, 9.17) is 14.2 Å². The molecule has 0 radical (unpaired) electrons. The van der Waals surface area contributed by atoms with Gasteiger partial charge in [0.05, 0.1) is 42.5 Å². The number of nitrogens with one attached hydrogen (secondary N) is 3. The van der Waals surface area contributed by atoms with Crippen LogP contribution in [0.15, 0.2) is 91.3 Å². The molecule has 0 spiro atoms. The van der Waals surface area contributed by atoms with Gasteiger partial charge in [-0.1, -0.05) is 78.9 Å². The van der Waals surface area contributed by atoms with E-state index in [-0.39, 0.29) is 12.1 Å². The third-order valence-corrected chi connectivity index (χ3v) is 8.90. The van der Waals surface area contributed by atoms with Crippen molar-refractivity contribution in [2.45, 2.75) is 97.3 Å². The first-order valence-corrected chi connectivity index (χ1v) is 18.2. The second kappa shape index (κ2) is 15.7. The number of likely N-dealkylation sites (tertiary alicyclic amines) is 1. The zero-order valence-corrected chi connectivity index (χ0v) is 31.6. The number of H-pyrrole nitrogens is 2. The summed E-state index contributed by atoms with van der Waals surface area (Å²) >= 11 is 0. The minimum Gasteiger partial charge on any atom is -0.444 e. The van der Waals surface area contributed by atoms with Crippen molar-refractivity contribution in [2.75, 3.05) is 6.54 Å². The van der Waals surface area contributed by atoms with Gasteiger partial charge in [0, 0.05) is 6.54 Å². The average molecular weight is 719 g/mol. The molecular weight excluding hydrogens is 668 g/mol. The number of alkyl carbamates (subject to hydrolysis) is 1. The molecule has 2 aromatic heterocycles. The first-order chi connectivity index (χ1) is 25.2. The highest BCUT2D eigenvalue weighted by Gasteiger charge is 2.35. The van der Waals surface area contributed by atoms with Crippen molar-refractivity contribution in [1.82, 2.24) is 30.2 Å². The molecule has 3 N–H and O–H groups in total. The summed E-state index contributed by atoms with van der Waals surface area (Å²) in [7, 11) is 0. The first-order valence-electron chi connectivity index (χ1n) is 18.2. The van der Waals surface area contributed by atoms with Gasteiger partial charge in [0.25, 0.3) is 0 Å². The number of carbonyl (C=O) groups is 2. The summed E-state index contributed by atoms with van der Waals surface area (Å²) in [5, 5.41) is 2.96. The smallest absolute Gasteiger partial charge is 0.410 e. The van der Waals surface area contributed by atoms with Crippen LogP contribution in [0.3, 0.4) is 0 Å². The molecule has 0 aliphatic carbocycles. The molecule has 6 rings (SSSR count). The summed E-state index contributed by atoms with van der Waals surface area (Å²) in [5.74, 6) is 1.34. The van der Waals surface area contributed by atoms with Crippen molar-refractivity contribution in [1.29, 1.82) is 0 Å². The number of rotatable bonds is 10. The quantitative estimate of drug-likeness (QED) is 0.131. The van der Waals surface area contributed by atoms with Crippen LogP contribution in [-0.4, -0.2) is 60.9 Å². The van der Waals surface area contributed by atoms with E-state index in [9.17, 15) is 9.59 Å². The van der Waals surface area contributed by atoms with Crippen LogP contribution in [0.2, 0.25) is 0 Å². The van der Waals surface area contributed by atoms with E-state index in [1.807, 2.05) is 97.1 Å². The number of benzene rings is 3. The van der Waals surface area contributed by atoms with Crippen LogP contribution in [0, 0.1) is 0 Å². The fraction of sp³-hybridized carbons (Fsp3) is 0.381. The summed E-state index contributed by atoms with van der Waals surface area (Å²) in [6, 6.07) is 25.8. The Kier molecular flexibility index (Phi) is 11.0. The Morgan fingerprint density at radius 2 is 1.36 bits per heavy atom. The lowest BCUT2D eigenvalue weighted by Crippen LogP contribution is -2.40. The van der Waals surface area contributed by atoms with E-state index in [1.54, 1.807) is 11.1 Å². The number of aromatic amines is 2. The molecule has 2 amide bonds. The van der Waals surface area contributed by atoms with Gasteiger partial charge in [-0.15, -0.1) is 0 Å². The number of nitrogens with zero attached hydrogens (tertiary/aromatic N) is 3. The maximum absolute atomic E-state index is 12.8. The first kappa shape index (κ1) is 37.3. The number of carbonyl (C=O) groups excluding carboxylic acids is 2. The molecule has 3 atom stereocenters. The van der Waals surface area contributed by atoms with E-state index in [0.717, 1.165) is 57.9 Å². The highest BCUT2D eigenvalue weighted by molar-refractivity contribution is 5.72. The second-order valence-electron chi connectivity index (χ2n) is 15.5. The Hall–Kier alpha value is -5.42. The van der Waals surface area contributed by atoms with Gasteiger partial charge >= 0.3 is 12.2 Å². The molecule has 1 aliphatic heterocycles. The Morgan fingerprint density at radius 3 is 1.96 bits per heavy atom. The highest BCUT2D eigenvalue weighted by Crippen LogP contribution is 2.34. The fourth-order valence-electron chi connectivity index (χ4n) is 6.31. The Bertz CT molecular complexity index is 1970. The third-order valence-electron chi connectivity index (χ3n) is 8.90. The molecule has 11 heteroatoms. The Morgan fingerprint density at radius 1 is 0.792 bits per heavy atom.